The first-order valence-corrected chi connectivity index (χ1v) is 51.1. The molecule has 0 rings (SSSR count). The van der Waals surface area contributed by atoms with E-state index in [0.29, 0.717) is 0 Å². The molecular weight excluding hydrogens is 986 g/mol. The average Bonchev–Trinajstić information content (AvgIpc) is 2.88. The van der Waals surface area contributed by atoms with Crippen LogP contribution in [0.15, 0.2) is 0 Å². The fraction of sp³-hybridized carbons (Fsp3) is 1.00. The Morgan fingerprint density at radius 3 is 0.370 bits per heavy atom. The normalized spacial score (nSPS) is 14.0. The van der Waals surface area contributed by atoms with E-state index in [-0.39, 0.29) is 0 Å². The maximum absolute atomic E-state index is 6.12. The van der Waals surface area contributed by atoms with Gasteiger partial charge in [0.15, 0.2) is 16.6 Å². The summed E-state index contributed by atoms with van der Waals surface area (Å²) in [5, 5.41) is 0. The van der Waals surface area contributed by atoms with Gasteiger partial charge in [-0.2, -0.15) is 0 Å². The first kappa shape index (κ1) is 57.0. The van der Waals surface area contributed by atoms with E-state index in [4.69, 9.17) is 65.8 Å². The molecule has 0 fully saturated rings. The summed E-state index contributed by atoms with van der Waals surface area (Å²) in [6.45, 7) is 42.3. The van der Waals surface area contributed by atoms with Crippen molar-refractivity contribution >= 4 is 156 Å². The van der Waals surface area contributed by atoms with Crippen molar-refractivity contribution in [3.05, 3.63) is 0 Å². The maximum atomic E-state index is 6.12. The molecule has 0 aliphatic carbocycles. The quantitative estimate of drug-likeness (QED) is 0.0858. The molecule has 0 N–H and O–H groups in total. The molecule has 16 nitrogen and oxygen atoms in total. The van der Waals surface area contributed by atoms with E-state index in [0.717, 1.165) is 0 Å². The van der Waals surface area contributed by atoms with Crippen molar-refractivity contribution in [3.63, 3.8) is 0 Å². The number of hydrogen-bond donors (Lipinski definition) is 0. The molecule has 0 aliphatic heterocycles. The molecule has 0 spiro atoms. The molecule has 0 heterocycles. The fourth-order valence-electron chi connectivity index (χ4n) is 4.01. The van der Waals surface area contributed by atoms with Crippen molar-refractivity contribution < 1.29 is 65.8 Å². The van der Waals surface area contributed by atoms with E-state index < -0.39 is 156 Å². The zero-order valence-electron chi connectivity index (χ0n) is 36.0. The zero-order valence-corrected chi connectivity index (χ0v) is 53.0. The van der Waals surface area contributed by atoms with Gasteiger partial charge in [0.1, 0.15) is 0 Å². The summed E-state index contributed by atoms with van der Waals surface area (Å²) in [4.78, 5) is 0. The molecule has 0 aromatic carbocycles. The molecule has 0 amide bonds. The topological polar surface area (TPSA) is 148 Å². The predicted molar refractivity (Wildman–Crippen MR) is 238 cm³/mol. The smallest absolute Gasteiger partial charge is 0.362 e. The van der Waals surface area contributed by atoms with Crippen molar-refractivity contribution in [1.82, 2.24) is 0 Å². The monoisotopic (exact) mass is 1050 g/mol. The van der Waals surface area contributed by atoms with Crippen LogP contribution in [-0.2, 0) is 65.8 Å². The highest BCUT2D eigenvalue weighted by Crippen LogP contribution is 2.11. The minimum atomic E-state index is -1.64. The molecule has 0 unspecified atom stereocenters. The molecule has 0 aromatic rings. The van der Waals surface area contributed by atoms with E-state index in [9.17, 15) is 0 Å². The van der Waals surface area contributed by atoms with Crippen molar-refractivity contribution in [2.75, 3.05) is 0 Å². The molecule has 0 bridgehead atoms. The van der Waals surface area contributed by atoms with Gasteiger partial charge in [0, 0.05) is 0 Å². The lowest BCUT2D eigenvalue weighted by atomic mass is 11.8. The molecule has 0 atom stereocenters. The minimum absolute atomic E-state index is 1.34. The van der Waals surface area contributed by atoms with Crippen molar-refractivity contribution in [3.8, 4) is 0 Å². The molecule has 33 heteroatoms. The Hall–Kier alpha value is 3.05. The number of rotatable bonds is 32. The Morgan fingerprint density at radius 2 is 0.278 bits per heavy atom. The highest BCUT2D eigenvalue weighted by Gasteiger charge is 2.32. The van der Waals surface area contributed by atoms with Gasteiger partial charge in [-0.1, -0.05) is 0 Å². The summed E-state index contributed by atoms with van der Waals surface area (Å²) in [5.74, 6) is 0. The van der Waals surface area contributed by atoms with E-state index in [2.05, 4.69) is 39.3 Å². The van der Waals surface area contributed by atoms with Crippen molar-refractivity contribution in [2.45, 2.75) is 137 Å². The van der Waals surface area contributed by atoms with Gasteiger partial charge in [0.05, 0.1) is 0 Å². The standard InChI is InChI=1S/C21H63O16Si17/c1-38(22-39(2)24-41(4)26-43(6)28-45(8)30-47(10)32-49(12)34-51(14)36-53(16,17)18)23-40(3)25-42(5)27-44(7)29-46(9)31-48(11)33-50(13)35-52(15)37-54(19,20)21/h1-21H3. The van der Waals surface area contributed by atoms with Gasteiger partial charge >= 0.3 is 139 Å². The van der Waals surface area contributed by atoms with E-state index in [1.807, 2.05) is 98.2 Å². The maximum Gasteiger partial charge on any atom is 0.362 e. The summed E-state index contributed by atoms with van der Waals surface area (Å²) in [5.41, 5.74) is 0. The molecule has 0 saturated carbocycles. The van der Waals surface area contributed by atoms with Crippen LogP contribution in [0, 0.1) is 0 Å². The van der Waals surface area contributed by atoms with Crippen LogP contribution in [0.1, 0.15) is 0 Å². The van der Waals surface area contributed by atoms with Crippen LogP contribution < -0.4 is 0 Å². The Morgan fingerprint density at radius 1 is 0.185 bits per heavy atom. The SMILES string of the molecule is C[Si](O[Si](C)O[Si](C)O[Si](C)O[Si](C)O[Si](C)O[Si](C)O[Si](C)O[Si](C)(C)C)O[Si](C)O[Si](C)O[Si](C)O[Si](C)O[Si](C)O[Si](C)O[Si](C)O[Si](C)(C)C. The first-order valence-electron chi connectivity index (χ1n) is 17.0. The highest BCUT2D eigenvalue weighted by atomic mass is 28.5. The summed E-state index contributed by atoms with van der Waals surface area (Å²) < 4.78 is 97.2. The van der Waals surface area contributed by atoms with Gasteiger partial charge in [-0.25, -0.2) is 0 Å². The summed E-state index contributed by atoms with van der Waals surface area (Å²) >= 11 is 0. The molecule has 311 valence electrons. The second-order valence-electron chi connectivity index (χ2n) is 13.2. The fourth-order valence-corrected chi connectivity index (χ4v) is 41.7. The van der Waals surface area contributed by atoms with Crippen LogP contribution in [0.5, 0.6) is 0 Å². The van der Waals surface area contributed by atoms with Crippen LogP contribution in [0.2, 0.25) is 137 Å². The van der Waals surface area contributed by atoms with Crippen LogP contribution in [0.25, 0.3) is 0 Å². The van der Waals surface area contributed by atoms with Gasteiger partial charge < -0.3 is 65.8 Å². The number of hydrogen-bond acceptors (Lipinski definition) is 16. The van der Waals surface area contributed by atoms with Crippen LogP contribution in [0.3, 0.4) is 0 Å². The van der Waals surface area contributed by atoms with Crippen LogP contribution in [0.4, 0.5) is 0 Å². The molecule has 54 heavy (non-hydrogen) atoms. The summed E-state index contributed by atoms with van der Waals surface area (Å²) in [6, 6.07) is 0. The lowest BCUT2D eigenvalue weighted by Crippen LogP contribution is -2.44. The minimum Gasteiger partial charge on any atom is -0.436 e. The van der Waals surface area contributed by atoms with E-state index in [1.54, 1.807) is 0 Å². The second-order valence-corrected chi connectivity index (χ2v) is 49.5. The third-order valence-electron chi connectivity index (χ3n) is 4.92. The van der Waals surface area contributed by atoms with Gasteiger partial charge in [0.25, 0.3) is 0 Å². The van der Waals surface area contributed by atoms with Crippen molar-refractivity contribution in [1.29, 1.82) is 0 Å². The van der Waals surface area contributed by atoms with Crippen LogP contribution >= 0.6 is 0 Å². The zero-order chi connectivity index (χ0) is 42.0. The van der Waals surface area contributed by atoms with Gasteiger partial charge in [0.2, 0.25) is 0 Å². The first-order chi connectivity index (χ1) is 24.6. The third kappa shape index (κ3) is 33.7. The lowest BCUT2D eigenvalue weighted by molar-refractivity contribution is 0.305. The molecular formula is C21H63O16Si17. The molecule has 15 radical (unpaired) electrons. The Bertz CT molecular complexity index is 898. The largest absolute Gasteiger partial charge is 0.436 e. The van der Waals surface area contributed by atoms with E-state index >= 15 is 0 Å². The van der Waals surface area contributed by atoms with E-state index in [1.165, 1.54) is 0 Å². The molecule has 0 aromatic heterocycles. The Kier molecular flexibility index (Phi) is 31.0. The average molecular weight is 1050 g/mol. The Balaban J connectivity index is 4.40. The second kappa shape index (κ2) is 29.4. The summed E-state index contributed by atoms with van der Waals surface area (Å²) in [6.07, 6.45) is 0. The third-order valence-corrected chi connectivity index (χ3v) is 44.3. The predicted octanol–water partition coefficient (Wildman–Crippen LogP) is 4.69. The highest BCUT2D eigenvalue weighted by molar-refractivity contribution is 6.79. The van der Waals surface area contributed by atoms with Gasteiger partial charge in [-0.15, -0.1) is 0 Å². The Labute approximate surface area is 356 Å². The van der Waals surface area contributed by atoms with Gasteiger partial charge in [-0.3, -0.25) is 0 Å². The molecule has 0 saturated heterocycles. The van der Waals surface area contributed by atoms with Crippen molar-refractivity contribution in [2.24, 2.45) is 0 Å². The molecule has 0 aliphatic rings. The van der Waals surface area contributed by atoms with Gasteiger partial charge in [-0.05, 0) is 137 Å². The summed E-state index contributed by atoms with van der Waals surface area (Å²) in [7, 11) is -26.3. The van der Waals surface area contributed by atoms with Crippen LogP contribution in [-0.4, -0.2) is 156 Å². The lowest BCUT2D eigenvalue weighted by Gasteiger charge is -2.26.